The van der Waals surface area contributed by atoms with Gasteiger partial charge in [0.1, 0.15) is 11.6 Å². The number of piperidine rings is 1. The van der Waals surface area contributed by atoms with Crippen molar-refractivity contribution < 1.29 is 18.3 Å². The molecule has 4 nitrogen and oxygen atoms in total. The summed E-state index contributed by atoms with van der Waals surface area (Å²) in [5, 5.41) is 0. The van der Waals surface area contributed by atoms with Crippen LogP contribution in [0, 0.1) is 0 Å². The van der Waals surface area contributed by atoms with Crippen LogP contribution >= 0.6 is 0 Å². The van der Waals surface area contributed by atoms with E-state index in [0.29, 0.717) is 0 Å². The van der Waals surface area contributed by atoms with Gasteiger partial charge in [-0.1, -0.05) is 30.3 Å². The van der Waals surface area contributed by atoms with Crippen molar-refractivity contribution in [1.82, 2.24) is 4.90 Å². The lowest BCUT2D eigenvalue weighted by Gasteiger charge is -2.37. The Hall–Kier alpha value is -1.98. The topological polar surface area (TPSA) is 41.9 Å². The van der Waals surface area contributed by atoms with Crippen LogP contribution in [0.1, 0.15) is 32.8 Å². The predicted molar refractivity (Wildman–Crippen MR) is 85.2 cm³/mol. The van der Waals surface area contributed by atoms with Gasteiger partial charge in [0, 0.05) is 12.8 Å². The number of aliphatic imine (C=N–C) groups is 1. The lowest BCUT2D eigenvalue weighted by molar-refractivity contribution is -0.0812. The number of likely N-dealkylation sites (tertiary alicyclic amines) is 1. The minimum Gasteiger partial charge on any atom is -0.444 e. The standard InChI is InChI=1S/C17H22F2N2O2/c1-16(2,3)23-15(22)21-10-9-14(17(18,19)12-21)20-11-13-7-5-4-6-8-13/h4-8,11,14H,9-10,12H2,1-3H3. The minimum atomic E-state index is -3.07. The van der Waals surface area contributed by atoms with Gasteiger partial charge in [0.05, 0.1) is 6.54 Å². The molecule has 1 fully saturated rings. The third kappa shape index (κ3) is 5.01. The number of halogens is 2. The van der Waals surface area contributed by atoms with E-state index in [2.05, 4.69) is 4.99 Å². The Bertz CT molecular complexity index is 568. The van der Waals surface area contributed by atoms with Crippen molar-refractivity contribution in [3.05, 3.63) is 35.9 Å². The fourth-order valence-electron chi connectivity index (χ4n) is 2.31. The highest BCUT2D eigenvalue weighted by Gasteiger charge is 2.46. The van der Waals surface area contributed by atoms with Crippen LogP contribution < -0.4 is 0 Å². The van der Waals surface area contributed by atoms with E-state index in [0.717, 1.165) is 10.5 Å². The maximum absolute atomic E-state index is 14.3. The van der Waals surface area contributed by atoms with Crippen molar-refractivity contribution in [1.29, 1.82) is 0 Å². The monoisotopic (exact) mass is 324 g/mol. The highest BCUT2D eigenvalue weighted by atomic mass is 19.3. The molecule has 2 rings (SSSR count). The van der Waals surface area contributed by atoms with Gasteiger partial charge in [-0.15, -0.1) is 0 Å². The van der Waals surface area contributed by atoms with Gasteiger partial charge in [0.15, 0.2) is 0 Å². The van der Waals surface area contributed by atoms with Crippen molar-refractivity contribution in [2.45, 2.75) is 44.8 Å². The van der Waals surface area contributed by atoms with Crippen molar-refractivity contribution in [3.63, 3.8) is 0 Å². The van der Waals surface area contributed by atoms with E-state index in [1.165, 1.54) is 6.21 Å². The summed E-state index contributed by atoms with van der Waals surface area (Å²) in [4.78, 5) is 17.0. The van der Waals surface area contributed by atoms with Crippen molar-refractivity contribution >= 4 is 12.3 Å². The SMILES string of the molecule is CC(C)(C)OC(=O)N1CCC(N=Cc2ccccc2)C(F)(F)C1. The molecule has 1 aromatic carbocycles. The molecule has 126 valence electrons. The number of alkyl halides is 2. The molecule has 0 spiro atoms. The molecule has 1 aliphatic heterocycles. The lowest BCUT2D eigenvalue weighted by Crippen LogP contribution is -2.53. The summed E-state index contributed by atoms with van der Waals surface area (Å²) in [5.74, 6) is -3.07. The van der Waals surface area contributed by atoms with E-state index in [4.69, 9.17) is 4.74 Å². The highest BCUT2D eigenvalue weighted by Crippen LogP contribution is 2.30. The zero-order valence-corrected chi connectivity index (χ0v) is 13.6. The van der Waals surface area contributed by atoms with Gasteiger partial charge in [-0.05, 0) is 32.8 Å². The number of ether oxygens (including phenoxy) is 1. The summed E-state index contributed by atoms with van der Waals surface area (Å²) < 4.78 is 33.7. The molecule has 0 radical (unpaired) electrons. The van der Waals surface area contributed by atoms with E-state index >= 15 is 0 Å². The van der Waals surface area contributed by atoms with Gasteiger partial charge in [0.2, 0.25) is 0 Å². The molecule has 1 aromatic rings. The van der Waals surface area contributed by atoms with Crippen LogP contribution in [0.15, 0.2) is 35.3 Å². The molecule has 0 saturated carbocycles. The molecule has 0 N–H and O–H groups in total. The summed E-state index contributed by atoms with van der Waals surface area (Å²) in [6.07, 6.45) is 0.861. The van der Waals surface area contributed by atoms with E-state index in [-0.39, 0.29) is 13.0 Å². The van der Waals surface area contributed by atoms with E-state index in [1.807, 2.05) is 18.2 Å². The third-order valence-electron chi connectivity index (χ3n) is 3.42. The average molecular weight is 324 g/mol. The van der Waals surface area contributed by atoms with Crippen molar-refractivity contribution in [2.75, 3.05) is 13.1 Å². The summed E-state index contributed by atoms with van der Waals surface area (Å²) in [7, 11) is 0. The second-order valence-corrected chi connectivity index (χ2v) is 6.66. The maximum atomic E-state index is 14.3. The summed E-state index contributed by atoms with van der Waals surface area (Å²) in [6, 6.07) is 7.98. The summed E-state index contributed by atoms with van der Waals surface area (Å²) in [5.41, 5.74) is 0.0761. The molecule has 1 amide bonds. The van der Waals surface area contributed by atoms with Crippen LogP contribution in [-0.2, 0) is 4.74 Å². The molecular weight excluding hydrogens is 302 g/mol. The Balaban J connectivity index is 2.00. The second kappa shape index (κ2) is 6.64. The molecule has 0 bridgehead atoms. The molecule has 23 heavy (non-hydrogen) atoms. The first kappa shape index (κ1) is 17.4. The van der Waals surface area contributed by atoms with Crippen LogP contribution in [0.2, 0.25) is 0 Å². The van der Waals surface area contributed by atoms with Crippen molar-refractivity contribution in [2.24, 2.45) is 4.99 Å². The van der Waals surface area contributed by atoms with Crippen LogP contribution in [0.3, 0.4) is 0 Å². The van der Waals surface area contributed by atoms with E-state index in [1.54, 1.807) is 32.9 Å². The van der Waals surface area contributed by atoms with Crippen LogP contribution in [-0.4, -0.2) is 47.9 Å². The third-order valence-corrected chi connectivity index (χ3v) is 3.42. The van der Waals surface area contributed by atoms with Gasteiger partial charge in [-0.25, -0.2) is 13.6 Å². The fourth-order valence-corrected chi connectivity index (χ4v) is 2.31. The van der Waals surface area contributed by atoms with E-state index < -0.39 is 30.2 Å². The molecule has 0 aliphatic carbocycles. The molecule has 1 saturated heterocycles. The largest absolute Gasteiger partial charge is 0.444 e. The number of nitrogens with zero attached hydrogens (tertiary/aromatic N) is 2. The van der Waals surface area contributed by atoms with Gasteiger partial charge < -0.3 is 9.64 Å². The highest BCUT2D eigenvalue weighted by molar-refractivity contribution is 5.79. The average Bonchev–Trinajstić information content (AvgIpc) is 2.44. The van der Waals surface area contributed by atoms with E-state index in [9.17, 15) is 13.6 Å². The first-order valence-electron chi connectivity index (χ1n) is 7.61. The molecule has 1 heterocycles. The maximum Gasteiger partial charge on any atom is 0.410 e. The molecule has 1 atom stereocenters. The zero-order chi connectivity index (χ0) is 17.1. The first-order valence-corrected chi connectivity index (χ1v) is 7.61. The number of carbonyl (C=O) groups excluding carboxylic acids is 1. The molecule has 1 aliphatic rings. The molecule has 1 unspecified atom stereocenters. The zero-order valence-electron chi connectivity index (χ0n) is 13.6. The molecule has 0 aromatic heterocycles. The Morgan fingerprint density at radius 1 is 1.35 bits per heavy atom. The van der Waals surface area contributed by atoms with Gasteiger partial charge in [-0.3, -0.25) is 4.99 Å². The Kier molecular flexibility index (Phi) is 5.02. The number of benzene rings is 1. The predicted octanol–water partition coefficient (Wildman–Crippen LogP) is 3.75. The molecule has 6 heteroatoms. The van der Waals surface area contributed by atoms with Gasteiger partial charge in [0.25, 0.3) is 5.92 Å². The van der Waals surface area contributed by atoms with Crippen molar-refractivity contribution in [3.8, 4) is 0 Å². The summed E-state index contributed by atoms with van der Waals surface area (Å²) >= 11 is 0. The summed E-state index contributed by atoms with van der Waals surface area (Å²) in [6.45, 7) is 4.67. The van der Waals surface area contributed by atoms with Gasteiger partial charge in [-0.2, -0.15) is 0 Å². The number of carbonyl (C=O) groups is 1. The number of hydrogen-bond donors (Lipinski definition) is 0. The van der Waals surface area contributed by atoms with Crippen LogP contribution in [0.25, 0.3) is 0 Å². The Morgan fingerprint density at radius 3 is 2.57 bits per heavy atom. The first-order chi connectivity index (χ1) is 10.7. The second-order valence-electron chi connectivity index (χ2n) is 6.66. The number of hydrogen-bond acceptors (Lipinski definition) is 3. The number of amides is 1. The Morgan fingerprint density at radius 2 is 2.00 bits per heavy atom. The smallest absolute Gasteiger partial charge is 0.410 e. The van der Waals surface area contributed by atoms with Crippen LogP contribution in [0.4, 0.5) is 13.6 Å². The fraction of sp³-hybridized carbons (Fsp3) is 0.529. The molecular formula is C17H22F2N2O2. The minimum absolute atomic E-state index is 0.107. The van der Waals surface area contributed by atoms with Gasteiger partial charge >= 0.3 is 6.09 Å². The Labute approximate surface area is 135 Å². The lowest BCUT2D eigenvalue weighted by atomic mass is 10.0. The van der Waals surface area contributed by atoms with Crippen LogP contribution in [0.5, 0.6) is 0 Å². The normalized spacial score (nSPS) is 21.4. The quantitative estimate of drug-likeness (QED) is 0.778. The number of rotatable bonds is 2.